The van der Waals surface area contributed by atoms with Gasteiger partial charge in [-0.3, -0.25) is 4.79 Å². The summed E-state index contributed by atoms with van der Waals surface area (Å²) in [6, 6.07) is 4.57. The Hall–Kier alpha value is -1.35. The maximum Gasteiger partial charge on any atom is 0.150 e. The van der Waals surface area contributed by atoms with E-state index in [9.17, 15) is 30.3 Å². The molecule has 1 aromatic rings. The quantitative estimate of drug-likeness (QED) is 0.329. The maximum atomic E-state index is 10.9. The molecule has 0 bridgehead atoms. The van der Waals surface area contributed by atoms with Crippen molar-refractivity contribution < 1.29 is 35.4 Å². The molecule has 0 aliphatic heterocycles. The lowest BCUT2D eigenvalue weighted by atomic mass is 9.92. The summed E-state index contributed by atoms with van der Waals surface area (Å²) < 4.78 is 0. The van der Waals surface area contributed by atoms with Gasteiger partial charge in [-0.25, -0.2) is 0 Å². The first-order chi connectivity index (χ1) is 9.83. The van der Waals surface area contributed by atoms with Crippen LogP contribution in [0.4, 0.5) is 0 Å². The van der Waals surface area contributed by atoms with Crippen LogP contribution in [0, 0.1) is 6.92 Å². The van der Waals surface area contributed by atoms with E-state index >= 15 is 0 Å². The average molecular weight is 300 g/mol. The topological polar surface area (TPSA) is 138 Å². The molecule has 0 saturated carbocycles. The molecule has 7 heteroatoms. The molecule has 21 heavy (non-hydrogen) atoms. The minimum absolute atomic E-state index is 0.0993. The summed E-state index contributed by atoms with van der Waals surface area (Å²) in [5.41, 5.74) is 0.964. The number of aliphatic hydroxyl groups is 6. The summed E-state index contributed by atoms with van der Waals surface area (Å²) in [6.45, 7) is 0.906. The van der Waals surface area contributed by atoms with Gasteiger partial charge in [0.25, 0.3) is 0 Å². The molecule has 0 amide bonds. The van der Waals surface area contributed by atoms with Crippen molar-refractivity contribution in [3.8, 4) is 0 Å². The van der Waals surface area contributed by atoms with Gasteiger partial charge in [0.1, 0.15) is 36.8 Å². The zero-order valence-electron chi connectivity index (χ0n) is 11.5. The molecule has 0 spiro atoms. The van der Waals surface area contributed by atoms with Crippen molar-refractivity contribution in [2.24, 2.45) is 0 Å². The predicted octanol–water partition coefficient (Wildman–Crippen LogP) is -1.72. The van der Waals surface area contributed by atoms with E-state index in [1.54, 1.807) is 13.0 Å². The molecule has 0 aromatic heterocycles. The number of hydrogen-bond acceptors (Lipinski definition) is 7. The van der Waals surface area contributed by atoms with Crippen LogP contribution in [0.1, 0.15) is 27.6 Å². The van der Waals surface area contributed by atoms with Gasteiger partial charge >= 0.3 is 0 Å². The van der Waals surface area contributed by atoms with Crippen molar-refractivity contribution in [1.29, 1.82) is 0 Å². The Morgan fingerprint density at radius 3 is 2.19 bits per heavy atom. The molecule has 0 fully saturated rings. The SMILES string of the molecule is Cc1ccc(C=O)c(C(O)[C@@H](O)[C@@H](O)[C@H](O)[C@@H](O)CO)c1. The Morgan fingerprint density at radius 2 is 1.67 bits per heavy atom. The Kier molecular flexibility index (Phi) is 6.41. The highest BCUT2D eigenvalue weighted by Gasteiger charge is 2.35. The van der Waals surface area contributed by atoms with Crippen molar-refractivity contribution in [1.82, 2.24) is 0 Å². The van der Waals surface area contributed by atoms with Crippen LogP contribution in [0.25, 0.3) is 0 Å². The number of aldehydes is 1. The van der Waals surface area contributed by atoms with Crippen LogP contribution in [0.5, 0.6) is 0 Å². The molecule has 0 heterocycles. The van der Waals surface area contributed by atoms with Gasteiger partial charge < -0.3 is 30.6 Å². The van der Waals surface area contributed by atoms with Crippen LogP contribution < -0.4 is 0 Å². The Labute approximate surface area is 121 Å². The molecular formula is C14H20O7. The molecule has 1 unspecified atom stereocenters. The van der Waals surface area contributed by atoms with Gasteiger partial charge in [0.05, 0.1) is 6.61 Å². The van der Waals surface area contributed by atoms with Gasteiger partial charge in [0, 0.05) is 5.56 Å². The van der Waals surface area contributed by atoms with E-state index in [2.05, 4.69) is 0 Å². The highest BCUT2D eigenvalue weighted by molar-refractivity contribution is 5.77. The normalized spacial score (nSPS) is 18.6. The van der Waals surface area contributed by atoms with Gasteiger partial charge in [-0.2, -0.15) is 0 Å². The second-order valence-electron chi connectivity index (χ2n) is 4.92. The fraction of sp³-hybridized carbons (Fsp3) is 0.500. The molecule has 0 aliphatic carbocycles. The van der Waals surface area contributed by atoms with E-state index in [0.29, 0.717) is 6.29 Å². The average Bonchev–Trinajstić information content (AvgIpc) is 2.50. The summed E-state index contributed by atoms with van der Waals surface area (Å²) in [5, 5.41) is 57.2. The van der Waals surface area contributed by atoms with Crippen LogP contribution in [0.2, 0.25) is 0 Å². The first-order valence-corrected chi connectivity index (χ1v) is 6.40. The Morgan fingerprint density at radius 1 is 1.05 bits per heavy atom. The van der Waals surface area contributed by atoms with Crippen molar-refractivity contribution in [3.05, 3.63) is 34.9 Å². The largest absolute Gasteiger partial charge is 0.394 e. The van der Waals surface area contributed by atoms with Gasteiger partial charge in [-0.1, -0.05) is 23.8 Å². The number of carbonyl (C=O) groups is 1. The summed E-state index contributed by atoms with van der Waals surface area (Å²) in [6.07, 6.45) is -8.39. The molecule has 0 saturated heterocycles. The summed E-state index contributed by atoms with van der Waals surface area (Å²) in [5.74, 6) is 0. The lowest BCUT2D eigenvalue weighted by molar-refractivity contribution is -0.141. The van der Waals surface area contributed by atoms with Crippen molar-refractivity contribution in [3.63, 3.8) is 0 Å². The second-order valence-corrected chi connectivity index (χ2v) is 4.92. The molecule has 1 aromatic carbocycles. The standard InChI is InChI=1S/C14H20O7/c1-7-2-3-8(5-15)9(4-7)11(18)13(20)14(21)12(19)10(17)6-16/h2-5,10-14,16-21H,6H2,1H3/t10-,11?,12+,13+,14-/m0/s1. The van der Waals surface area contributed by atoms with E-state index in [1.807, 2.05) is 0 Å². The smallest absolute Gasteiger partial charge is 0.150 e. The third kappa shape index (κ3) is 4.07. The zero-order chi connectivity index (χ0) is 16.2. The van der Waals surface area contributed by atoms with Crippen molar-refractivity contribution in [2.45, 2.75) is 37.4 Å². The van der Waals surface area contributed by atoms with E-state index in [4.69, 9.17) is 5.11 Å². The minimum atomic E-state index is -1.90. The van der Waals surface area contributed by atoms with E-state index < -0.39 is 37.1 Å². The first kappa shape index (κ1) is 17.7. The highest BCUT2D eigenvalue weighted by Crippen LogP contribution is 2.24. The molecule has 1 rings (SSSR count). The molecule has 118 valence electrons. The summed E-state index contributed by atoms with van der Waals surface area (Å²) in [4.78, 5) is 10.9. The van der Waals surface area contributed by atoms with Gasteiger partial charge in [0.2, 0.25) is 0 Å². The number of hydrogen-bond donors (Lipinski definition) is 6. The van der Waals surface area contributed by atoms with Crippen LogP contribution in [-0.2, 0) is 0 Å². The first-order valence-electron chi connectivity index (χ1n) is 6.40. The van der Waals surface area contributed by atoms with Gasteiger partial charge in [0.15, 0.2) is 0 Å². The zero-order valence-corrected chi connectivity index (χ0v) is 11.5. The Bertz CT molecular complexity index is 476. The summed E-state index contributed by atoms with van der Waals surface area (Å²) in [7, 11) is 0. The lowest BCUT2D eigenvalue weighted by Gasteiger charge is -2.29. The second kappa shape index (κ2) is 7.60. The maximum absolute atomic E-state index is 10.9. The molecule has 0 radical (unpaired) electrons. The van der Waals surface area contributed by atoms with Crippen LogP contribution in [-0.4, -0.2) is 67.9 Å². The van der Waals surface area contributed by atoms with E-state index in [1.165, 1.54) is 12.1 Å². The highest BCUT2D eigenvalue weighted by atomic mass is 16.4. The van der Waals surface area contributed by atoms with Gasteiger partial charge in [-0.05, 0) is 12.5 Å². The number of benzene rings is 1. The van der Waals surface area contributed by atoms with Crippen LogP contribution in [0.3, 0.4) is 0 Å². The fourth-order valence-electron chi connectivity index (χ4n) is 1.97. The van der Waals surface area contributed by atoms with Crippen molar-refractivity contribution >= 4 is 6.29 Å². The third-order valence-corrected chi connectivity index (χ3v) is 3.29. The lowest BCUT2D eigenvalue weighted by Crippen LogP contribution is -2.47. The van der Waals surface area contributed by atoms with E-state index in [-0.39, 0.29) is 11.1 Å². The Balaban J connectivity index is 2.99. The van der Waals surface area contributed by atoms with Crippen molar-refractivity contribution in [2.75, 3.05) is 6.61 Å². The molecule has 5 atom stereocenters. The van der Waals surface area contributed by atoms with E-state index in [0.717, 1.165) is 5.56 Å². The monoisotopic (exact) mass is 300 g/mol. The fourth-order valence-corrected chi connectivity index (χ4v) is 1.97. The molecule has 6 N–H and O–H groups in total. The van der Waals surface area contributed by atoms with Crippen LogP contribution >= 0.6 is 0 Å². The number of carbonyl (C=O) groups excluding carboxylic acids is 1. The summed E-state index contributed by atoms with van der Waals surface area (Å²) >= 11 is 0. The number of aryl methyl sites for hydroxylation is 1. The predicted molar refractivity (Wildman–Crippen MR) is 72.6 cm³/mol. The number of aliphatic hydroxyl groups excluding tert-OH is 6. The van der Waals surface area contributed by atoms with Crippen LogP contribution in [0.15, 0.2) is 18.2 Å². The molecular weight excluding hydrogens is 280 g/mol. The third-order valence-electron chi connectivity index (χ3n) is 3.29. The minimum Gasteiger partial charge on any atom is -0.394 e. The molecule has 0 aliphatic rings. The van der Waals surface area contributed by atoms with Gasteiger partial charge in [-0.15, -0.1) is 0 Å². The molecule has 7 nitrogen and oxygen atoms in total. The number of rotatable bonds is 7.